The summed E-state index contributed by atoms with van der Waals surface area (Å²) in [6.45, 7) is 29.3. The van der Waals surface area contributed by atoms with E-state index in [9.17, 15) is 0 Å². The van der Waals surface area contributed by atoms with Crippen molar-refractivity contribution in [2.24, 2.45) is 0 Å². The summed E-state index contributed by atoms with van der Waals surface area (Å²) in [6, 6.07) is 28.2. The molecule has 0 nitrogen and oxygen atoms in total. The van der Waals surface area contributed by atoms with E-state index in [1.807, 2.05) is 0 Å². The second kappa shape index (κ2) is 16.4. The third-order valence-electron chi connectivity index (χ3n) is 8.33. The molecule has 0 atom stereocenters. The minimum Gasteiger partial charge on any atom is -1.00 e. The molecule has 3 heteroatoms. The molecule has 0 spiro atoms. The summed E-state index contributed by atoms with van der Waals surface area (Å²) in [6.07, 6.45) is 2.21. The summed E-state index contributed by atoms with van der Waals surface area (Å²) in [4.78, 5) is 0. The Morgan fingerprint density at radius 1 is 0.756 bits per heavy atom. The quantitative estimate of drug-likeness (QED) is 0.213. The largest absolute Gasteiger partial charge is 1.00 e. The van der Waals surface area contributed by atoms with Gasteiger partial charge in [0.25, 0.3) is 0 Å². The number of hydrogen-bond donors (Lipinski definition) is 0. The summed E-state index contributed by atoms with van der Waals surface area (Å²) in [5, 5.41) is 0. The zero-order valence-corrected chi connectivity index (χ0v) is 34.0. The molecule has 0 bridgehead atoms. The van der Waals surface area contributed by atoms with Crippen molar-refractivity contribution in [2.45, 2.75) is 119 Å². The van der Waals surface area contributed by atoms with Crippen LogP contribution in [0.15, 0.2) is 66.7 Å². The molecular weight excluding hydrogens is 667 g/mol. The number of rotatable bonds is 2. The fourth-order valence-corrected chi connectivity index (χ4v) is 6.30. The van der Waals surface area contributed by atoms with Gasteiger partial charge >= 0.3 is 76.7 Å². The molecule has 0 radical (unpaired) electrons. The van der Waals surface area contributed by atoms with Gasteiger partial charge in [0.1, 0.15) is 0 Å². The maximum absolute atomic E-state index is 3.69. The van der Waals surface area contributed by atoms with E-state index in [2.05, 4.69) is 163 Å². The first-order valence-electron chi connectivity index (χ1n) is 15.9. The van der Waals surface area contributed by atoms with Crippen LogP contribution in [0.2, 0.25) is 0 Å². The molecule has 0 saturated heterocycles. The van der Waals surface area contributed by atoms with Gasteiger partial charge in [-0.1, -0.05) is 105 Å². The average molecular weight is 721 g/mol. The van der Waals surface area contributed by atoms with Crippen LogP contribution in [0.4, 0.5) is 0 Å². The normalized spacial score (nSPS) is 11.9. The standard InChI is InChI=1S/C23H29.C10H15.C9H10.2ClH.Zr/c1-14-9-16-11-17-10-15(2)21(23(6,7)8)13-19(17)18(16)12-20(14)22(3,4)5;1-8-5-6-9(7-8)10(2,3)4;1-2-6-9-7-4-3-5-8-9;;;/h9,12-13H,11H2,1-8H3;5-7H,1-4H3;3-5,7-8H,2H2,1H3;2*1H;/q2*-1;;;;+2/p-2. The number of benzene rings is 3. The summed E-state index contributed by atoms with van der Waals surface area (Å²) in [5.74, 6) is 0. The molecule has 0 fully saturated rings. The minimum atomic E-state index is 0. The van der Waals surface area contributed by atoms with Crippen LogP contribution in [0, 0.1) is 26.8 Å². The molecule has 0 heterocycles. The average Bonchev–Trinajstić information content (AvgIpc) is 3.50. The van der Waals surface area contributed by atoms with Crippen molar-refractivity contribution in [3.05, 3.63) is 123 Å². The van der Waals surface area contributed by atoms with Gasteiger partial charge in [-0.05, 0) is 35.4 Å². The number of fused-ring (bicyclic) bond motifs is 3. The van der Waals surface area contributed by atoms with E-state index in [0.717, 1.165) is 6.42 Å². The van der Waals surface area contributed by atoms with Crippen LogP contribution in [-0.2, 0) is 46.9 Å². The first-order chi connectivity index (χ1) is 19.8. The molecule has 1 aliphatic rings. The minimum absolute atomic E-state index is 0. The van der Waals surface area contributed by atoms with Crippen LogP contribution in [-0.4, -0.2) is 3.21 Å². The molecule has 4 aromatic rings. The Morgan fingerprint density at radius 3 is 1.76 bits per heavy atom. The molecule has 0 aliphatic heterocycles. The molecule has 0 N–H and O–H groups in total. The fourth-order valence-electron chi connectivity index (χ4n) is 5.90. The van der Waals surface area contributed by atoms with E-state index in [-0.39, 0.29) is 35.6 Å². The predicted octanol–water partition coefficient (Wildman–Crippen LogP) is 5.45. The molecular formula is C42H54Cl2Zr-2. The van der Waals surface area contributed by atoms with Gasteiger partial charge in [-0.2, -0.15) is 41.0 Å². The second-order valence-electron chi connectivity index (χ2n) is 15.3. The van der Waals surface area contributed by atoms with Crippen LogP contribution in [0.25, 0.3) is 11.1 Å². The maximum atomic E-state index is 3.69. The molecule has 0 amide bonds. The van der Waals surface area contributed by atoms with E-state index >= 15 is 0 Å². The Morgan fingerprint density at radius 2 is 1.31 bits per heavy atom. The summed E-state index contributed by atoms with van der Waals surface area (Å²) in [7, 11) is 0. The monoisotopic (exact) mass is 718 g/mol. The molecule has 242 valence electrons. The van der Waals surface area contributed by atoms with Gasteiger partial charge in [-0.25, -0.2) is 6.07 Å². The third-order valence-corrected chi connectivity index (χ3v) is 9.91. The van der Waals surface area contributed by atoms with E-state index in [1.165, 1.54) is 91.9 Å². The molecule has 4 aromatic carbocycles. The molecule has 5 rings (SSSR count). The van der Waals surface area contributed by atoms with Crippen LogP contribution in [0.5, 0.6) is 0 Å². The van der Waals surface area contributed by atoms with Crippen molar-refractivity contribution in [3.63, 3.8) is 0 Å². The number of halogens is 2. The molecule has 0 aromatic heterocycles. The fraction of sp³-hybridized carbons (Fsp3) is 0.429. The van der Waals surface area contributed by atoms with E-state index in [4.69, 9.17) is 0 Å². The SMILES string of the molecule is CC[C](=[Zr+2])c1ccccc1.Cc1[c-]c2c(cc1C(C)(C)C)-c1cc(C(C)(C)C)c(C)cc1C2.Cc1cc(C(C)(C)C)c[cH-]1.[Cl-].[Cl-]. The topological polar surface area (TPSA) is 0 Å². The van der Waals surface area contributed by atoms with Gasteiger partial charge in [0.2, 0.25) is 0 Å². The van der Waals surface area contributed by atoms with Crippen molar-refractivity contribution in [2.75, 3.05) is 0 Å². The van der Waals surface area contributed by atoms with Gasteiger partial charge in [0.05, 0.1) is 0 Å². The predicted molar refractivity (Wildman–Crippen MR) is 187 cm³/mol. The number of hydrogen-bond acceptors (Lipinski definition) is 0. The van der Waals surface area contributed by atoms with E-state index < -0.39 is 0 Å². The van der Waals surface area contributed by atoms with Crippen molar-refractivity contribution in [1.29, 1.82) is 0 Å². The Labute approximate surface area is 303 Å². The Kier molecular flexibility index (Phi) is 15.1. The zero-order chi connectivity index (χ0) is 32.3. The van der Waals surface area contributed by atoms with Crippen LogP contribution in [0.3, 0.4) is 0 Å². The maximum Gasteiger partial charge on any atom is -0.0129 e. The zero-order valence-electron chi connectivity index (χ0n) is 30.0. The Bertz CT molecular complexity index is 1480. The van der Waals surface area contributed by atoms with E-state index in [1.54, 1.807) is 3.21 Å². The summed E-state index contributed by atoms with van der Waals surface area (Å²) >= 11 is 1.54. The number of aryl methyl sites for hydroxylation is 3. The van der Waals surface area contributed by atoms with Gasteiger partial charge in [0, 0.05) is 0 Å². The first kappa shape index (κ1) is 41.4. The Balaban J connectivity index is 0.000000384. The van der Waals surface area contributed by atoms with E-state index in [0.29, 0.717) is 5.41 Å². The Hall–Kier alpha value is -1.66. The third kappa shape index (κ3) is 10.9. The molecule has 45 heavy (non-hydrogen) atoms. The van der Waals surface area contributed by atoms with Gasteiger partial charge in [-0.3, -0.25) is 0 Å². The molecule has 0 unspecified atom stereocenters. The smallest absolute Gasteiger partial charge is 0.0129 e. The van der Waals surface area contributed by atoms with Crippen molar-refractivity contribution < 1.29 is 49.0 Å². The van der Waals surface area contributed by atoms with Gasteiger partial charge in [-0.15, -0.1) is 16.7 Å². The van der Waals surface area contributed by atoms with Crippen molar-refractivity contribution in [3.8, 4) is 11.1 Å². The van der Waals surface area contributed by atoms with Gasteiger partial charge in [0.15, 0.2) is 0 Å². The molecule has 0 saturated carbocycles. The summed E-state index contributed by atoms with van der Waals surface area (Å²) < 4.78 is 1.55. The first-order valence-corrected chi connectivity index (χ1v) is 17.1. The molecule has 1 aliphatic carbocycles. The van der Waals surface area contributed by atoms with Crippen LogP contribution >= 0.6 is 0 Å². The van der Waals surface area contributed by atoms with Crippen LogP contribution < -0.4 is 24.8 Å². The second-order valence-corrected chi connectivity index (χ2v) is 16.8. The van der Waals surface area contributed by atoms with Gasteiger partial charge < -0.3 is 24.8 Å². The summed E-state index contributed by atoms with van der Waals surface area (Å²) in [5.41, 5.74) is 16.1. The van der Waals surface area contributed by atoms with Crippen LogP contribution in [0.1, 0.15) is 126 Å². The van der Waals surface area contributed by atoms with Crippen molar-refractivity contribution in [1.82, 2.24) is 0 Å². The van der Waals surface area contributed by atoms with Crippen molar-refractivity contribution >= 4 is 3.21 Å².